The van der Waals surface area contributed by atoms with E-state index < -0.39 is 41.1 Å². The Morgan fingerprint density at radius 3 is 2.27 bits per heavy atom. The number of fused-ring (bicyclic) bond motifs is 1. The number of halogens is 4. The van der Waals surface area contributed by atoms with Gasteiger partial charge in [0.15, 0.2) is 11.6 Å². The second kappa shape index (κ2) is 14.9. The lowest BCUT2D eigenvalue weighted by Gasteiger charge is -2.34. The van der Waals surface area contributed by atoms with Gasteiger partial charge in [-0.2, -0.15) is 13.2 Å². The fraction of sp³-hybridized carbons (Fsp3) is 0.286. The summed E-state index contributed by atoms with van der Waals surface area (Å²) in [7, 11) is 0. The van der Waals surface area contributed by atoms with Crippen LogP contribution in [0.5, 0.6) is 17.2 Å². The summed E-state index contributed by atoms with van der Waals surface area (Å²) >= 11 is 0. The Kier molecular flexibility index (Phi) is 10.2. The van der Waals surface area contributed by atoms with Gasteiger partial charge < -0.3 is 29.8 Å². The zero-order chi connectivity index (χ0) is 39.9. The van der Waals surface area contributed by atoms with E-state index in [9.17, 15) is 27.2 Å². The molecule has 4 aromatic carbocycles. The predicted molar refractivity (Wildman–Crippen MR) is 204 cm³/mol. The van der Waals surface area contributed by atoms with E-state index >= 15 is 0 Å². The van der Waals surface area contributed by atoms with E-state index in [1.54, 1.807) is 86.1 Å². The normalized spacial score (nSPS) is 15.4. The molecule has 0 saturated carbocycles. The molecule has 0 atom stereocenters. The number of aromatic nitrogens is 1. The van der Waals surface area contributed by atoms with Crippen LogP contribution in [0.25, 0.3) is 22.0 Å². The topological polar surface area (TPSA) is 122 Å². The van der Waals surface area contributed by atoms with Crippen LogP contribution >= 0.6 is 0 Å². The van der Waals surface area contributed by atoms with Crippen molar-refractivity contribution in [2.75, 3.05) is 24.6 Å². The minimum absolute atomic E-state index is 0.0752. The summed E-state index contributed by atoms with van der Waals surface area (Å²) in [5.74, 6) is 0.0174. The van der Waals surface area contributed by atoms with Crippen molar-refractivity contribution < 1.29 is 41.4 Å². The highest BCUT2D eigenvalue weighted by Crippen LogP contribution is 2.43. The summed E-state index contributed by atoms with van der Waals surface area (Å²) in [6, 6.07) is 21.4. The van der Waals surface area contributed by atoms with Gasteiger partial charge in [0.1, 0.15) is 29.0 Å². The van der Waals surface area contributed by atoms with E-state index in [1.807, 2.05) is 0 Å². The van der Waals surface area contributed by atoms with Crippen molar-refractivity contribution in [3.8, 4) is 28.4 Å². The van der Waals surface area contributed by atoms with Crippen LogP contribution in [0.1, 0.15) is 55.2 Å². The van der Waals surface area contributed by atoms with Gasteiger partial charge in [0.05, 0.1) is 22.5 Å². The quantitative estimate of drug-likeness (QED) is 0.106. The minimum atomic E-state index is -4.64. The highest BCUT2D eigenvalue weighted by molar-refractivity contribution is 6.11. The molecule has 56 heavy (non-hydrogen) atoms. The maximum absolute atomic E-state index is 14.3. The van der Waals surface area contributed by atoms with Crippen LogP contribution in [0.4, 0.5) is 28.0 Å². The molecular weight excluding hydrogens is 730 g/mol. The molecule has 4 N–H and O–H groups in total. The molecule has 0 spiro atoms. The molecule has 292 valence electrons. The van der Waals surface area contributed by atoms with E-state index in [0.29, 0.717) is 53.8 Å². The number of anilines is 1. The van der Waals surface area contributed by atoms with Crippen molar-refractivity contribution in [3.63, 3.8) is 0 Å². The summed E-state index contributed by atoms with van der Waals surface area (Å²) in [4.78, 5) is 31.3. The maximum Gasteiger partial charge on any atom is 0.417 e. The number of Topliss-reactive ketones (excluding diaryl/α,β-unsaturated/α-hetero) is 1. The smallest absolute Gasteiger partial charge is 0.417 e. The Morgan fingerprint density at radius 1 is 0.857 bits per heavy atom. The Balaban J connectivity index is 1.16. The Bertz CT molecular complexity index is 2340. The van der Waals surface area contributed by atoms with Gasteiger partial charge in [-0.3, -0.25) is 9.80 Å². The van der Waals surface area contributed by atoms with Crippen LogP contribution in [0.15, 0.2) is 96.3 Å². The molecule has 0 radical (unpaired) electrons. The number of carbonyl (C=O) groups is 2. The number of nitrogens with one attached hydrogen (secondary N) is 2. The molecule has 1 amide bonds. The standard InChI is InChI=1S/C42H41F4N5O5/c1-24-19-26(13-14-35(24)55-36-12-8-7-11-32(36)43)51-39(47)30(23-48-51)38(52)34-20-25-21-37(54-27-15-17-50(18-16-27)40(53)56-41(2,3)4)29(22-33(25)49-34)28-9-5-6-10-31(28)42(44,45)46/h5-14,19-22,27,48-49H,15-18,23,47H2,1-4H3. The first-order chi connectivity index (χ1) is 26.6. The van der Waals surface area contributed by atoms with Gasteiger partial charge in [0.2, 0.25) is 5.78 Å². The molecule has 0 bridgehead atoms. The molecule has 1 fully saturated rings. The van der Waals surface area contributed by atoms with Gasteiger partial charge >= 0.3 is 12.3 Å². The van der Waals surface area contributed by atoms with E-state index in [-0.39, 0.29) is 46.3 Å². The second-order valence-electron chi connectivity index (χ2n) is 14.8. The molecule has 1 saturated heterocycles. The van der Waals surface area contributed by atoms with E-state index in [2.05, 4.69) is 10.4 Å². The molecule has 1 aromatic heterocycles. The predicted octanol–water partition coefficient (Wildman–Crippen LogP) is 9.25. The lowest BCUT2D eigenvalue weighted by Crippen LogP contribution is -2.44. The largest absolute Gasteiger partial charge is 0.490 e. The van der Waals surface area contributed by atoms with Crippen LogP contribution in [0.2, 0.25) is 0 Å². The fourth-order valence-electron chi connectivity index (χ4n) is 6.81. The summed E-state index contributed by atoms with van der Waals surface area (Å²) in [6.07, 6.45) is -4.60. The molecule has 10 nitrogen and oxygen atoms in total. The third-order valence-electron chi connectivity index (χ3n) is 9.59. The Morgan fingerprint density at radius 2 is 1.57 bits per heavy atom. The average molecular weight is 772 g/mol. The number of hydrazine groups is 1. The van der Waals surface area contributed by atoms with Crippen LogP contribution in [-0.4, -0.2) is 53.1 Å². The lowest BCUT2D eigenvalue weighted by atomic mass is 9.97. The van der Waals surface area contributed by atoms with Crippen molar-refractivity contribution in [1.82, 2.24) is 15.3 Å². The van der Waals surface area contributed by atoms with Crippen molar-refractivity contribution >= 4 is 28.5 Å². The van der Waals surface area contributed by atoms with Crippen LogP contribution < -0.4 is 25.6 Å². The number of H-pyrrole nitrogens is 1. The number of piperidine rings is 1. The fourth-order valence-corrected chi connectivity index (χ4v) is 6.81. The van der Waals surface area contributed by atoms with Crippen LogP contribution in [0, 0.1) is 12.7 Å². The van der Waals surface area contributed by atoms with E-state index in [1.165, 1.54) is 30.3 Å². The molecule has 2 aliphatic rings. The number of likely N-dealkylation sites (tertiary alicyclic amines) is 1. The maximum atomic E-state index is 14.3. The lowest BCUT2D eigenvalue weighted by molar-refractivity contribution is -0.137. The molecule has 3 heterocycles. The number of para-hydroxylation sites is 1. The number of nitrogens with zero attached hydrogens (tertiary/aromatic N) is 2. The number of amides is 1. The van der Waals surface area contributed by atoms with Crippen molar-refractivity contribution in [2.45, 2.75) is 58.4 Å². The number of ketones is 1. The van der Waals surface area contributed by atoms with E-state index in [4.69, 9.17) is 19.9 Å². The average Bonchev–Trinajstić information content (AvgIpc) is 3.75. The highest BCUT2D eigenvalue weighted by Gasteiger charge is 2.35. The van der Waals surface area contributed by atoms with Crippen molar-refractivity contribution in [1.29, 1.82) is 0 Å². The number of alkyl halides is 3. The summed E-state index contributed by atoms with van der Waals surface area (Å²) in [5.41, 5.74) is 10.5. The van der Waals surface area contributed by atoms with Gasteiger partial charge in [0, 0.05) is 48.9 Å². The first-order valence-electron chi connectivity index (χ1n) is 18.1. The van der Waals surface area contributed by atoms with Gasteiger partial charge in [-0.05, 0) is 93.4 Å². The monoisotopic (exact) mass is 771 g/mol. The SMILES string of the molecule is Cc1cc(N2NCC(C(=O)c3cc4cc(OC5CCN(C(=O)OC(C)(C)C)CC5)c(-c5ccccc5C(F)(F)F)cc4[nH]3)=C2N)ccc1Oc1ccccc1F. The number of rotatable bonds is 8. The van der Waals surface area contributed by atoms with Crippen molar-refractivity contribution in [2.24, 2.45) is 5.73 Å². The second-order valence-corrected chi connectivity index (χ2v) is 14.8. The number of nitrogens with two attached hydrogens (primary N) is 1. The van der Waals surface area contributed by atoms with Gasteiger partial charge in [-0.1, -0.05) is 30.3 Å². The van der Waals surface area contributed by atoms with Crippen LogP contribution in [-0.2, 0) is 10.9 Å². The molecule has 0 unspecified atom stereocenters. The third kappa shape index (κ3) is 8.01. The highest BCUT2D eigenvalue weighted by atomic mass is 19.4. The minimum Gasteiger partial charge on any atom is -0.490 e. The molecule has 14 heteroatoms. The number of aromatic amines is 1. The number of ether oxygens (including phenoxy) is 3. The number of aryl methyl sites for hydroxylation is 1. The number of carbonyl (C=O) groups excluding carboxylic acids is 2. The molecule has 7 rings (SSSR count). The molecular formula is C42H41F4N5O5. The third-order valence-corrected chi connectivity index (χ3v) is 9.59. The number of benzene rings is 4. The van der Waals surface area contributed by atoms with Gasteiger partial charge in [0.25, 0.3) is 0 Å². The first kappa shape index (κ1) is 38.3. The van der Waals surface area contributed by atoms with Gasteiger partial charge in [-0.15, -0.1) is 0 Å². The zero-order valence-corrected chi connectivity index (χ0v) is 31.2. The zero-order valence-electron chi connectivity index (χ0n) is 31.2. The molecule has 5 aromatic rings. The summed E-state index contributed by atoms with van der Waals surface area (Å²) < 4.78 is 74.8. The summed E-state index contributed by atoms with van der Waals surface area (Å²) in [5, 5.41) is 2.12. The number of hydrogen-bond donors (Lipinski definition) is 3. The van der Waals surface area contributed by atoms with Crippen molar-refractivity contribution in [3.05, 3.63) is 119 Å². The first-order valence-corrected chi connectivity index (χ1v) is 18.1. The summed E-state index contributed by atoms with van der Waals surface area (Å²) in [6.45, 7) is 7.98. The van der Waals surface area contributed by atoms with E-state index in [0.717, 1.165) is 6.07 Å². The molecule has 2 aliphatic heterocycles. The Hall–Kier alpha value is -6.02. The molecule has 0 aliphatic carbocycles. The van der Waals surface area contributed by atoms with Crippen LogP contribution in [0.3, 0.4) is 0 Å². The Labute approximate surface area is 320 Å². The van der Waals surface area contributed by atoms with Gasteiger partial charge in [-0.25, -0.2) is 14.6 Å². The number of hydrogen-bond acceptors (Lipinski definition) is 8.